The number of nitrogens with zero attached hydrogens (tertiary/aromatic N) is 1. The molecule has 1 aliphatic carbocycles. The van der Waals surface area contributed by atoms with Crippen molar-refractivity contribution in [3.63, 3.8) is 0 Å². The van der Waals surface area contributed by atoms with Crippen LogP contribution in [0.25, 0.3) is 0 Å². The van der Waals surface area contributed by atoms with Crippen LogP contribution in [0.1, 0.15) is 43.6 Å². The summed E-state index contributed by atoms with van der Waals surface area (Å²) >= 11 is 1.74. The van der Waals surface area contributed by atoms with Gasteiger partial charge in [-0.2, -0.15) is 11.3 Å². The average Bonchev–Trinajstić information content (AvgIpc) is 2.89. The number of hydrogen-bond donors (Lipinski definition) is 1. The van der Waals surface area contributed by atoms with E-state index in [0.717, 1.165) is 32.4 Å². The lowest BCUT2D eigenvalue weighted by atomic mass is 9.78. The highest BCUT2D eigenvalue weighted by atomic mass is 32.1. The maximum Gasteiger partial charge on any atom is 0.254 e. The molecule has 1 N–H and O–H groups in total. The smallest absolute Gasteiger partial charge is 0.254 e. The molecule has 18 heavy (non-hydrogen) atoms. The summed E-state index contributed by atoms with van der Waals surface area (Å²) in [5.74, 6) is 0.564. The number of aliphatic hydroxyl groups is 1. The third-order valence-corrected chi connectivity index (χ3v) is 5.08. The first-order chi connectivity index (χ1) is 8.69. The fourth-order valence-electron chi connectivity index (χ4n) is 2.94. The molecule has 4 heteroatoms. The van der Waals surface area contributed by atoms with Gasteiger partial charge in [-0.05, 0) is 60.4 Å². The van der Waals surface area contributed by atoms with E-state index in [0.29, 0.717) is 18.8 Å². The highest BCUT2D eigenvalue weighted by Crippen LogP contribution is 2.36. The van der Waals surface area contributed by atoms with Crippen molar-refractivity contribution in [2.75, 3.05) is 13.1 Å². The van der Waals surface area contributed by atoms with Gasteiger partial charge in [-0.1, -0.05) is 0 Å². The van der Waals surface area contributed by atoms with E-state index < -0.39 is 5.60 Å². The van der Waals surface area contributed by atoms with E-state index in [2.05, 4.69) is 16.8 Å². The molecular formula is C14H19NO2S. The Morgan fingerprint density at radius 3 is 2.61 bits per heavy atom. The monoisotopic (exact) mass is 265 g/mol. The summed E-state index contributed by atoms with van der Waals surface area (Å²) in [6.45, 7) is 1.59. The van der Waals surface area contributed by atoms with E-state index in [-0.39, 0.29) is 5.91 Å². The van der Waals surface area contributed by atoms with Gasteiger partial charge in [0.05, 0.1) is 0 Å². The number of carbonyl (C=O) groups is 1. The van der Waals surface area contributed by atoms with Gasteiger partial charge in [0.15, 0.2) is 0 Å². The lowest BCUT2D eigenvalue weighted by Crippen LogP contribution is -2.54. The lowest BCUT2D eigenvalue weighted by Gasteiger charge is -2.41. The van der Waals surface area contributed by atoms with Gasteiger partial charge in [0.1, 0.15) is 5.60 Å². The minimum absolute atomic E-state index is 0.0301. The van der Waals surface area contributed by atoms with Crippen molar-refractivity contribution in [2.45, 2.75) is 43.6 Å². The Hall–Kier alpha value is -0.870. The van der Waals surface area contributed by atoms with E-state index in [9.17, 15) is 9.90 Å². The Morgan fingerprint density at radius 1 is 1.39 bits per heavy atom. The van der Waals surface area contributed by atoms with Crippen molar-refractivity contribution in [2.24, 2.45) is 0 Å². The molecule has 2 heterocycles. The number of thiophene rings is 1. The number of amides is 1. The van der Waals surface area contributed by atoms with Gasteiger partial charge in [-0.25, -0.2) is 0 Å². The molecule has 0 spiro atoms. The van der Waals surface area contributed by atoms with Gasteiger partial charge in [-0.15, -0.1) is 0 Å². The minimum atomic E-state index is -1.02. The van der Waals surface area contributed by atoms with Crippen LogP contribution >= 0.6 is 11.3 Å². The summed E-state index contributed by atoms with van der Waals surface area (Å²) in [5.41, 5.74) is 0.393. The van der Waals surface area contributed by atoms with Crippen LogP contribution in [0.5, 0.6) is 0 Å². The topological polar surface area (TPSA) is 40.5 Å². The molecule has 3 rings (SSSR count). The quantitative estimate of drug-likeness (QED) is 0.892. The molecule has 0 aromatic carbocycles. The number of likely N-dealkylation sites (tertiary alicyclic amines) is 1. The van der Waals surface area contributed by atoms with E-state index in [1.165, 1.54) is 5.56 Å². The second kappa shape index (κ2) is 4.67. The second-order valence-corrected chi connectivity index (χ2v) is 6.29. The van der Waals surface area contributed by atoms with Gasteiger partial charge in [-0.3, -0.25) is 4.79 Å². The van der Waals surface area contributed by atoms with Crippen molar-refractivity contribution in [3.8, 4) is 0 Å². The second-order valence-electron chi connectivity index (χ2n) is 5.51. The molecule has 3 nitrogen and oxygen atoms in total. The normalized spacial score (nSPS) is 23.7. The first-order valence-electron chi connectivity index (χ1n) is 6.73. The highest BCUT2D eigenvalue weighted by molar-refractivity contribution is 7.07. The molecule has 0 bridgehead atoms. The zero-order valence-electron chi connectivity index (χ0n) is 10.5. The van der Waals surface area contributed by atoms with Crippen LogP contribution in [0.3, 0.4) is 0 Å². The standard InChI is InChI=1S/C14H19NO2S/c16-13(14(17)5-1-6-14)15-7-2-11(3-8-15)12-4-9-18-10-12/h4,9-11,17H,1-3,5-8H2. The highest BCUT2D eigenvalue weighted by Gasteiger charge is 2.45. The molecule has 98 valence electrons. The van der Waals surface area contributed by atoms with Crippen LogP contribution in [-0.2, 0) is 4.79 Å². The van der Waals surface area contributed by atoms with Crippen molar-refractivity contribution < 1.29 is 9.90 Å². The molecule has 2 fully saturated rings. The maximum atomic E-state index is 12.2. The van der Waals surface area contributed by atoms with Crippen molar-refractivity contribution in [3.05, 3.63) is 22.4 Å². The van der Waals surface area contributed by atoms with Crippen LogP contribution in [0.2, 0.25) is 0 Å². The fourth-order valence-corrected chi connectivity index (χ4v) is 3.69. The molecular weight excluding hydrogens is 246 g/mol. The third kappa shape index (κ3) is 2.08. The van der Waals surface area contributed by atoms with Gasteiger partial charge >= 0.3 is 0 Å². The van der Waals surface area contributed by atoms with Crippen LogP contribution < -0.4 is 0 Å². The van der Waals surface area contributed by atoms with E-state index in [4.69, 9.17) is 0 Å². The minimum Gasteiger partial charge on any atom is -0.380 e. The largest absolute Gasteiger partial charge is 0.380 e. The summed E-state index contributed by atoms with van der Waals surface area (Å²) in [6, 6.07) is 2.19. The van der Waals surface area contributed by atoms with Gasteiger partial charge < -0.3 is 10.0 Å². The summed E-state index contributed by atoms with van der Waals surface area (Å²) in [6.07, 6.45) is 4.33. The maximum absolute atomic E-state index is 12.2. The Kier molecular flexibility index (Phi) is 3.16. The summed E-state index contributed by atoms with van der Waals surface area (Å²) in [5, 5.41) is 14.4. The van der Waals surface area contributed by atoms with Crippen molar-refractivity contribution >= 4 is 17.2 Å². The first kappa shape index (κ1) is 12.2. The fraction of sp³-hybridized carbons (Fsp3) is 0.643. The lowest BCUT2D eigenvalue weighted by molar-refractivity contribution is -0.161. The summed E-state index contributed by atoms with van der Waals surface area (Å²) < 4.78 is 0. The van der Waals surface area contributed by atoms with Crippen LogP contribution in [0.4, 0.5) is 0 Å². The SMILES string of the molecule is O=C(N1CCC(c2ccsc2)CC1)C1(O)CCC1. The molecule has 1 saturated heterocycles. The van der Waals surface area contributed by atoms with Crippen LogP contribution in [0, 0.1) is 0 Å². The number of hydrogen-bond acceptors (Lipinski definition) is 3. The molecule has 1 aromatic rings. The zero-order chi connectivity index (χ0) is 12.6. The average molecular weight is 265 g/mol. The van der Waals surface area contributed by atoms with Crippen LogP contribution in [0.15, 0.2) is 16.8 Å². The molecule has 0 radical (unpaired) electrons. The Balaban J connectivity index is 1.58. The Bertz CT molecular complexity index is 417. The molecule has 1 saturated carbocycles. The Morgan fingerprint density at radius 2 is 2.11 bits per heavy atom. The molecule has 0 unspecified atom stereocenters. The summed E-state index contributed by atoms with van der Waals surface area (Å²) in [7, 11) is 0. The predicted molar refractivity (Wildman–Crippen MR) is 71.7 cm³/mol. The van der Waals surface area contributed by atoms with Gasteiger partial charge in [0, 0.05) is 13.1 Å². The first-order valence-corrected chi connectivity index (χ1v) is 7.67. The molecule has 1 aliphatic heterocycles. The van der Waals surface area contributed by atoms with E-state index >= 15 is 0 Å². The molecule has 0 atom stereocenters. The van der Waals surface area contributed by atoms with Gasteiger partial charge in [0.25, 0.3) is 5.91 Å². The number of piperidine rings is 1. The molecule has 1 aromatic heterocycles. The van der Waals surface area contributed by atoms with Crippen LogP contribution in [-0.4, -0.2) is 34.6 Å². The van der Waals surface area contributed by atoms with E-state index in [1.54, 1.807) is 11.3 Å². The molecule has 1 amide bonds. The summed E-state index contributed by atoms with van der Waals surface area (Å²) in [4.78, 5) is 14.0. The predicted octanol–water partition coefficient (Wildman–Crippen LogP) is 2.37. The van der Waals surface area contributed by atoms with Crippen molar-refractivity contribution in [1.82, 2.24) is 4.90 Å². The number of rotatable bonds is 2. The number of carbonyl (C=O) groups excluding carboxylic acids is 1. The Labute approximate surface area is 111 Å². The molecule has 2 aliphatic rings. The van der Waals surface area contributed by atoms with Gasteiger partial charge in [0.2, 0.25) is 0 Å². The van der Waals surface area contributed by atoms with Crippen molar-refractivity contribution in [1.29, 1.82) is 0 Å². The third-order valence-electron chi connectivity index (χ3n) is 4.38. The van der Waals surface area contributed by atoms with E-state index in [1.807, 2.05) is 4.90 Å². The zero-order valence-corrected chi connectivity index (χ0v) is 11.3.